The summed E-state index contributed by atoms with van der Waals surface area (Å²) < 4.78 is 6.09. The first-order valence-electron chi connectivity index (χ1n) is 6.83. The highest BCUT2D eigenvalue weighted by molar-refractivity contribution is 5.43. The predicted octanol–water partition coefficient (Wildman–Crippen LogP) is 2.30. The van der Waals surface area contributed by atoms with Crippen molar-refractivity contribution in [3.63, 3.8) is 0 Å². The second kappa shape index (κ2) is 4.96. The molecule has 1 fully saturated rings. The van der Waals surface area contributed by atoms with Crippen molar-refractivity contribution < 1.29 is 4.74 Å². The minimum atomic E-state index is -0.176. The van der Waals surface area contributed by atoms with E-state index in [4.69, 9.17) is 4.74 Å². The number of anilines is 2. The van der Waals surface area contributed by atoms with E-state index in [0.717, 1.165) is 25.5 Å². The lowest BCUT2D eigenvalue weighted by Crippen LogP contribution is -2.57. The zero-order valence-electron chi connectivity index (χ0n) is 12.5. The molecule has 5 heteroatoms. The van der Waals surface area contributed by atoms with Gasteiger partial charge < -0.3 is 15.0 Å². The monoisotopic (exact) mass is 264 g/mol. The Balaban J connectivity index is 2.23. The molecule has 0 unspecified atom stereocenters. The fraction of sp³-hybridized carbons (Fsp3) is 0.714. The molecule has 0 bridgehead atoms. The number of morpholine rings is 1. The Hall–Kier alpha value is -1.36. The van der Waals surface area contributed by atoms with Gasteiger partial charge in [-0.1, -0.05) is 0 Å². The Bertz CT molecular complexity index is 429. The molecule has 0 spiro atoms. The van der Waals surface area contributed by atoms with E-state index in [-0.39, 0.29) is 11.2 Å². The average molecular weight is 264 g/mol. The third-order valence-corrected chi connectivity index (χ3v) is 3.00. The van der Waals surface area contributed by atoms with Gasteiger partial charge in [0.05, 0.1) is 11.2 Å². The predicted molar refractivity (Wildman–Crippen MR) is 77.7 cm³/mol. The van der Waals surface area contributed by atoms with Crippen LogP contribution in [0.1, 0.15) is 34.6 Å². The molecular formula is C14H24N4O. The number of rotatable bonds is 3. The molecule has 1 saturated heterocycles. The van der Waals surface area contributed by atoms with E-state index in [1.165, 1.54) is 0 Å². The molecule has 0 atom stereocenters. The second-order valence-corrected chi connectivity index (χ2v) is 6.25. The Morgan fingerprint density at radius 3 is 2.47 bits per heavy atom. The molecule has 106 valence electrons. The minimum absolute atomic E-state index is 0.176. The Labute approximate surface area is 115 Å². The van der Waals surface area contributed by atoms with Gasteiger partial charge in [0.15, 0.2) is 0 Å². The summed E-state index contributed by atoms with van der Waals surface area (Å²) in [6, 6.07) is 1.96. The van der Waals surface area contributed by atoms with Crippen LogP contribution in [-0.4, -0.2) is 40.8 Å². The number of aromatic nitrogens is 2. The molecule has 1 aliphatic rings. The van der Waals surface area contributed by atoms with Gasteiger partial charge in [0.2, 0.25) is 5.95 Å². The van der Waals surface area contributed by atoms with Crippen molar-refractivity contribution >= 4 is 11.8 Å². The summed E-state index contributed by atoms with van der Waals surface area (Å²) in [6.07, 6.45) is 1.80. The third kappa shape index (κ3) is 3.56. The van der Waals surface area contributed by atoms with E-state index in [2.05, 4.69) is 47.9 Å². The van der Waals surface area contributed by atoms with Gasteiger partial charge in [0.1, 0.15) is 5.82 Å². The lowest BCUT2D eigenvalue weighted by Gasteiger charge is -2.47. The molecule has 19 heavy (non-hydrogen) atoms. The molecule has 1 aliphatic heterocycles. The van der Waals surface area contributed by atoms with Crippen molar-refractivity contribution in [2.24, 2.45) is 0 Å². The van der Waals surface area contributed by atoms with E-state index in [1.54, 1.807) is 6.20 Å². The van der Waals surface area contributed by atoms with Gasteiger partial charge in [-0.25, -0.2) is 4.98 Å². The molecule has 0 saturated carbocycles. The maximum Gasteiger partial charge on any atom is 0.224 e. The Morgan fingerprint density at radius 2 is 1.89 bits per heavy atom. The maximum absolute atomic E-state index is 6.09. The van der Waals surface area contributed by atoms with Crippen LogP contribution in [0.25, 0.3) is 0 Å². The molecule has 0 radical (unpaired) electrons. The van der Waals surface area contributed by atoms with Gasteiger partial charge in [-0.2, -0.15) is 4.98 Å². The molecule has 1 aromatic heterocycles. The van der Waals surface area contributed by atoms with Crippen molar-refractivity contribution in [2.75, 3.05) is 29.9 Å². The maximum atomic E-state index is 6.09. The molecule has 0 aromatic carbocycles. The minimum Gasteiger partial charge on any atom is -0.366 e. The van der Waals surface area contributed by atoms with Crippen LogP contribution in [0.3, 0.4) is 0 Å². The topological polar surface area (TPSA) is 50.3 Å². The summed E-state index contributed by atoms with van der Waals surface area (Å²) in [6.45, 7) is 13.0. The molecule has 0 amide bonds. The highest BCUT2D eigenvalue weighted by Crippen LogP contribution is 2.30. The number of hydrogen-bond acceptors (Lipinski definition) is 5. The average Bonchev–Trinajstić information content (AvgIpc) is 2.25. The van der Waals surface area contributed by atoms with Crippen LogP contribution >= 0.6 is 0 Å². The summed E-state index contributed by atoms with van der Waals surface area (Å²) in [5.74, 6) is 1.64. The van der Waals surface area contributed by atoms with E-state index in [0.29, 0.717) is 5.95 Å². The largest absolute Gasteiger partial charge is 0.366 e. The van der Waals surface area contributed by atoms with Crippen LogP contribution in [0.15, 0.2) is 12.3 Å². The van der Waals surface area contributed by atoms with E-state index >= 15 is 0 Å². The number of nitrogens with zero attached hydrogens (tertiary/aromatic N) is 3. The fourth-order valence-electron chi connectivity index (χ4n) is 2.72. The molecule has 0 aliphatic carbocycles. The molecule has 1 aromatic rings. The summed E-state index contributed by atoms with van der Waals surface area (Å²) >= 11 is 0. The first-order valence-corrected chi connectivity index (χ1v) is 6.83. The highest BCUT2D eigenvalue weighted by atomic mass is 16.5. The normalized spacial score (nSPS) is 21.2. The van der Waals surface area contributed by atoms with Crippen molar-refractivity contribution in [2.45, 2.75) is 45.8 Å². The summed E-state index contributed by atoms with van der Waals surface area (Å²) in [5, 5.41) is 3.15. The number of nitrogens with one attached hydrogen (secondary N) is 1. The van der Waals surface area contributed by atoms with Crippen molar-refractivity contribution in [1.82, 2.24) is 9.97 Å². The summed E-state index contributed by atoms with van der Waals surface area (Å²) in [4.78, 5) is 11.1. The van der Waals surface area contributed by atoms with Crippen LogP contribution in [-0.2, 0) is 4.74 Å². The lowest BCUT2D eigenvalue weighted by molar-refractivity contribution is -0.133. The summed E-state index contributed by atoms with van der Waals surface area (Å²) in [7, 11) is 0. The zero-order valence-corrected chi connectivity index (χ0v) is 12.5. The van der Waals surface area contributed by atoms with Gasteiger partial charge in [-0.05, 0) is 40.7 Å². The summed E-state index contributed by atoms with van der Waals surface area (Å²) in [5.41, 5.74) is -0.351. The zero-order chi connectivity index (χ0) is 14.1. The smallest absolute Gasteiger partial charge is 0.224 e. The van der Waals surface area contributed by atoms with Gasteiger partial charge in [-0.15, -0.1) is 0 Å². The van der Waals surface area contributed by atoms with Gasteiger partial charge in [-0.3, -0.25) is 0 Å². The van der Waals surface area contributed by atoms with E-state index in [9.17, 15) is 0 Å². The Morgan fingerprint density at radius 1 is 1.26 bits per heavy atom. The first-order chi connectivity index (χ1) is 8.81. The standard InChI is InChI=1S/C14H24N4O/c1-6-15-12-16-8-7-11(17-12)18-9-13(2,3)19-14(4,5)10-18/h7-8H,6,9-10H2,1-5H3,(H,15,16,17). The number of hydrogen-bond donors (Lipinski definition) is 1. The van der Waals surface area contributed by atoms with Gasteiger partial charge in [0.25, 0.3) is 0 Å². The number of ether oxygens (including phenoxy) is 1. The molecule has 5 nitrogen and oxygen atoms in total. The molecule has 2 rings (SSSR count). The molecule has 1 N–H and O–H groups in total. The highest BCUT2D eigenvalue weighted by Gasteiger charge is 2.38. The van der Waals surface area contributed by atoms with E-state index in [1.807, 2.05) is 13.0 Å². The van der Waals surface area contributed by atoms with Crippen LogP contribution < -0.4 is 10.2 Å². The van der Waals surface area contributed by atoms with Crippen LogP contribution in [0.5, 0.6) is 0 Å². The van der Waals surface area contributed by atoms with Crippen LogP contribution in [0, 0.1) is 0 Å². The second-order valence-electron chi connectivity index (χ2n) is 6.25. The van der Waals surface area contributed by atoms with Crippen molar-refractivity contribution in [3.8, 4) is 0 Å². The van der Waals surface area contributed by atoms with Crippen LogP contribution in [0.4, 0.5) is 11.8 Å². The first kappa shape index (κ1) is 14.1. The molecule has 2 heterocycles. The van der Waals surface area contributed by atoms with E-state index < -0.39 is 0 Å². The van der Waals surface area contributed by atoms with Crippen molar-refractivity contribution in [3.05, 3.63) is 12.3 Å². The SMILES string of the molecule is CCNc1nccc(N2CC(C)(C)OC(C)(C)C2)n1. The third-order valence-electron chi connectivity index (χ3n) is 3.00. The van der Waals surface area contributed by atoms with Crippen LogP contribution in [0.2, 0.25) is 0 Å². The lowest BCUT2D eigenvalue weighted by atomic mass is 9.99. The fourth-order valence-corrected chi connectivity index (χ4v) is 2.72. The molecular weight excluding hydrogens is 240 g/mol. The quantitative estimate of drug-likeness (QED) is 0.908. The van der Waals surface area contributed by atoms with Crippen molar-refractivity contribution in [1.29, 1.82) is 0 Å². The van der Waals surface area contributed by atoms with Gasteiger partial charge in [0, 0.05) is 25.8 Å². The van der Waals surface area contributed by atoms with Gasteiger partial charge >= 0.3 is 0 Å². The Kier molecular flexibility index (Phi) is 3.67.